The number of nitro groups is 1. The maximum atomic E-state index is 13.4. The van der Waals surface area contributed by atoms with Crippen LogP contribution in [0.3, 0.4) is 0 Å². The number of nitro benzene ring substituents is 1. The van der Waals surface area contributed by atoms with E-state index in [1.165, 1.54) is 12.1 Å². The predicted molar refractivity (Wildman–Crippen MR) is 134 cm³/mol. The summed E-state index contributed by atoms with van der Waals surface area (Å²) in [4.78, 5) is 21.6. The van der Waals surface area contributed by atoms with Crippen LogP contribution in [0.4, 0.5) is 17.1 Å². The monoisotopic (exact) mass is 572 g/mol. The molecular formula is C22H16N6O9S2. The van der Waals surface area contributed by atoms with Crippen LogP contribution in [0, 0.1) is 26.0 Å². The van der Waals surface area contributed by atoms with Crippen LogP contribution in [0.1, 0.15) is 0 Å². The Labute approximate surface area is 217 Å². The Morgan fingerprint density at radius 2 is 1.28 bits per heavy atom. The van der Waals surface area contributed by atoms with Gasteiger partial charge < -0.3 is 0 Å². The predicted octanol–water partition coefficient (Wildman–Crippen LogP) is 0.384. The van der Waals surface area contributed by atoms with Gasteiger partial charge >= 0.3 is 0 Å². The molecule has 200 valence electrons. The lowest BCUT2D eigenvalue weighted by atomic mass is 10.1. The van der Waals surface area contributed by atoms with E-state index in [1.54, 1.807) is 30.3 Å². The third-order valence-electron chi connectivity index (χ3n) is 5.26. The average molecular weight is 573 g/mol. The van der Waals surface area contributed by atoms with E-state index in [9.17, 15) is 40.8 Å². The minimum Gasteiger partial charge on any atom is -0.298 e. The molecule has 0 atom stereocenters. The topological polar surface area (TPSA) is 242 Å². The number of hydrogen-bond donors (Lipinski definition) is 5. The second-order valence-electron chi connectivity index (χ2n) is 7.82. The molecule has 0 saturated carbocycles. The second kappa shape index (κ2) is 10.1. The Bertz CT molecular complexity index is 2130. The average Bonchev–Trinajstić information content (AvgIpc) is 2.86. The fourth-order valence-electron chi connectivity index (χ4n) is 3.49. The SMILES string of the molecule is N=c1c(=NNc2ccc([N+](=O)[O-])cc2)c(S(=O)(=O)O)cc2cc(S(=O)(=O)O)c(=NNc3ccccc3)c(=O)c1=2. The summed E-state index contributed by atoms with van der Waals surface area (Å²) in [6.45, 7) is 0. The van der Waals surface area contributed by atoms with Gasteiger partial charge in [0.1, 0.15) is 15.1 Å². The highest BCUT2D eigenvalue weighted by molar-refractivity contribution is 7.86. The standard InChI is InChI=1S/C22H16N6O9S2/c23-19-18-12(11-17(39(35,36)37)21(22(18)29)27-24-13-4-2-1-3-5-13)10-16(38(32,33)34)20(19)26-25-14-6-8-15(9-7-14)28(30)31/h1-11,23-25H,(H,32,33,34)(H,35,36,37). The zero-order chi connectivity index (χ0) is 28.5. The van der Waals surface area contributed by atoms with Crippen LogP contribution in [0.5, 0.6) is 0 Å². The fourth-order valence-corrected chi connectivity index (χ4v) is 4.81. The van der Waals surface area contributed by atoms with Gasteiger partial charge in [-0.15, -0.1) is 0 Å². The normalized spacial score (nSPS) is 13.0. The van der Waals surface area contributed by atoms with Crippen LogP contribution >= 0.6 is 0 Å². The van der Waals surface area contributed by atoms with Gasteiger partial charge in [0, 0.05) is 12.1 Å². The number of non-ortho nitro benzene ring substituents is 1. The number of para-hydroxylation sites is 1. The van der Waals surface area contributed by atoms with E-state index in [0.29, 0.717) is 11.8 Å². The first-order chi connectivity index (χ1) is 18.3. The van der Waals surface area contributed by atoms with Gasteiger partial charge in [-0.1, -0.05) is 18.2 Å². The van der Waals surface area contributed by atoms with Crippen LogP contribution in [0.15, 0.2) is 91.5 Å². The van der Waals surface area contributed by atoms with E-state index in [0.717, 1.165) is 18.2 Å². The van der Waals surface area contributed by atoms with Gasteiger partial charge in [0.05, 0.1) is 26.9 Å². The molecule has 2 aliphatic carbocycles. The van der Waals surface area contributed by atoms with Crippen molar-refractivity contribution in [1.29, 1.82) is 5.41 Å². The number of anilines is 2. The van der Waals surface area contributed by atoms with Gasteiger partial charge in [0.2, 0.25) is 5.43 Å². The number of rotatable bonds is 7. The molecular weight excluding hydrogens is 556 g/mol. The van der Waals surface area contributed by atoms with Gasteiger partial charge in [-0.05, 0) is 41.6 Å². The Morgan fingerprint density at radius 1 is 0.795 bits per heavy atom. The van der Waals surface area contributed by atoms with Crippen molar-refractivity contribution in [2.75, 3.05) is 10.9 Å². The molecule has 2 aliphatic rings. The second-order valence-corrected chi connectivity index (χ2v) is 10.6. The van der Waals surface area contributed by atoms with Gasteiger partial charge in [-0.25, -0.2) is 0 Å². The molecule has 4 rings (SSSR count). The largest absolute Gasteiger partial charge is 0.298 e. The molecule has 0 heterocycles. The number of benzene rings is 2. The summed E-state index contributed by atoms with van der Waals surface area (Å²) in [7, 11) is -10.1. The van der Waals surface area contributed by atoms with Crippen molar-refractivity contribution in [3.8, 4) is 0 Å². The van der Waals surface area contributed by atoms with Crippen LogP contribution in [-0.4, -0.2) is 30.9 Å². The molecule has 2 aromatic rings. The summed E-state index contributed by atoms with van der Waals surface area (Å²) in [6.07, 6.45) is 0. The summed E-state index contributed by atoms with van der Waals surface area (Å²) >= 11 is 0. The summed E-state index contributed by atoms with van der Waals surface area (Å²) in [6, 6.07) is 14.2. The third kappa shape index (κ3) is 5.70. The lowest BCUT2D eigenvalue weighted by Gasteiger charge is -2.05. The molecule has 0 aliphatic heterocycles. The van der Waals surface area contributed by atoms with Crippen LogP contribution in [0.2, 0.25) is 0 Å². The molecule has 39 heavy (non-hydrogen) atoms. The summed E-state index contributed by atoms with van der Waals surface area (Å²) in [5.74, 6) is 0. The summed E-state index contributed by atoms with van der Waals surface area (Å²) in [5, 5.41) is 23.7. The van der Waals surface area contributed by atoms with Gasteiger partial charge in [-0.3, -0.25) is 40.3 Å². The van der Waals surface area contributed by atoms with E-state index < -0.39 is 66.9 Å². The van der Waals surface area contributed by atoms with Crippen molar-refractivity contribution in [3.63, 3.8) is 0 Å². The Balaban J connectivity index is 2.04. The van der Waals surface area contributed by atoms with Crippen molar-refractivity contribution in [1.82, 2.24) is 0 Å². The first kappa shape index (κ1) is 27.2. The molecule has 0 aromatic heterocycles. The molecule has 0 spiro atoms. The highest BCUT2D eigenvalue weighted by atomic mass is 32.2. The molecule has 0 amide bonds. The molecule has 15 nitrogen and oxygen atoms in total. The zero-order valence-electron chi connectivity index (χ0n) is 19.3. The Morgan fingerprint density at radius 3 is 1.79 bits per heavy atom. The summed E-state index contributed by atoms with van der Waals surface area (Å²) < 4.78 is 67.8. The maximum Gasteiger partial charge on any atom is 0.296 e. The minimum absolute atomic E-state index is 0.133. The highest BCUT2D eigenvalue weighted by Gasteiger charge is 2.21. The van der Waals surface area contributed by atoms with Crippen molar-refractivity contribution >= 4 is 37.3 Å². The van der Waals surface area contributed by atoms with Crippen molar-refractivity contribution < 1.29 is 30.9 Å². The van der Waals surface area contributed by atoms with Crippen molar-refractivity contribution in [2.45, 2.75) is 9.79 Å². The Hall–Kier alpha value is -4.84. The molecule has 0 saturated heterocycles. The first-order valence-corrected chi connectivity index (χ1v) is 13.4. The van der Waals surface area contributed by atoms with Crippen LogP contribution in [0.25, 0.3) is 0 Å². The molecule has 17 heteroatoms. The molecule has 2 aromatic carbocycles. The van der Waals surface area contributed by atoms with E-state index in [2.05, 4.69) is 21.1 Å². The zero-order valence-corrected chi connectivity index (χ0v) is 20.9. The summed E-state index contributed by atoms with van der Waals surface area (Å²) in [5.41, 5.74) is 3.96. The number of nitrogens with zero attached hydrogens (tertiary/aromatic N) is 3. The van der Waals surface area contributed by atoms with Gasteiger partial charge in [0.15, 0.2) is 5.36 Å². The van der Waals surface area contributed by atoms with E-state index in [4.69, 9.17) is 5.41 Å². The van der Waals surface area contributed by atoms with Gasteiger partial charge in [0.25, 0.3) is 25.9 Å². The third-order valence-corrected chi connectivity index (χ3v) is 6.99. The van der Waals surface area contributed by atoms with Gasteiger partial charge in [-0.2, -0.15) is 27.0 Å². The van der Waals surface area contributed by atoms with Crippen molar-refractivity contribution in [2.24, 2.45) is 10.2 Å². The van der Waals surface area contributed by atoms with Crippen LogP contribution in [-0.2, 0) is 20.2 Å². The number of hydrogen-bond acceptors (Lipinski definition) is 12. The molecule has 0 radical (unpaired) electrons. The fraction of sp³-hybridized carbons (Fsp3) is 0. The molecule has 5 N–H and O–H groups in total. The van der Waals surface area contributed by atoms with Crippen LogP contribution < -0.4 is 32.4 Å². The van der Waals surface area contributed by atoms with E-state index in [1.807, 2.05) is 0 Å². The molecule has 0 fully saturated rings. The van der Waals surface area contributed by atoms with Crippen molar-refractivity contribution in [3.05, 3.63) is 114 Å². The quantitative estimate of drug-likeness (QED) is 0.115. The molecule has 0 bridgehead atoms. The minimum atomic E-state index is -5.08. The smallest absolute Gasteiger partial charge is 0.296 e. The van der Waals surface area contributed by atoms with E-state index in [-0.39, 0.29) is 11.4 Å². The first-order valence-electron chi connectivity index (χ1n) is 10.5. The Kier molecular flexibility index (Phi) is 7.07. The maximum absolute atomic E-state index is 13.4. The highest BCUT2D eigenvalue weighted by Crippen LogP contribution is 2.15. The van der Waals surface area contributed by atoms with E-state index >= 15 is 0 Å². The molecule has 0 unspecified atom stereocenters. The lowest BCUT2D eigenvalue weighted by Crippen LogP contribution is -2.41. The number of nitrogens with one attached hydrogen (secondary N) is 3. The lowest BCUT2D eigenvalue weighted by molar-refractivity contribution is -0.384.